The summed E-state index contributed by atoms with van der Waals surface area (Å²) in [4.78, 5) is 15.3. The molecule has 0 saturated heterocycles. The molecule has 10 heteroatoms. The molecule has 0 aliphatic carbocycles. The monoisotopic (exact) mass is 388 g/mol. The van der Waals surface area contributed by atoms with Gasteiger partial charge >= 0.3 is 12.2 Å². The van der Waals surface area contributed by atoms with Crippen LogP contribution in [0.15, 0.2) is 36.7 Å². The van der Waals surface area contributed by atoms with Gasteiger partial charge in [0, 0.05) is 39.0 Å². The molecule has 6 nitrogen and oxygen atoms in total. The average Bonchev–Trinajstić information content (AvgIpc) is 3.02. The Labute approximate surface area is 153 Å². The number of rotatable bonds is 7. The second-order valence-corrected chi connectivity index (χ2v) is 5.99. The zero-order valence-electron chi connectivity index (χ0n) is 14.6. The molecule has 3 N–H and O–H groups in total. The Morgan fingerprint density at radius 1 is 1.22 bits per heavy atom. The largest absolute Gasteiger partial charge is 0.424 e. The number of aryl methyl sites for hydroxylation is 1. The third-order valence-corrected chi connectivity index (χ3v) is 4.07. The fraction of sp³-hybridized carbons (Fsp3) is 0.412. The van der Waals surface area contributed by atoms with Crippen LogP contribution in [0.5, 0.6) is 0 Å². The predicted molar refractivity (Wildman–Crippen MR) is 89.3 cm³/mol. The third kappa shape index (κ3) is 4.97. The number of hydrogen-bond acceptors (Lipinski definition) is 3. The second-order valence-electron chi connectivity index (χ2n) is 5.99. The van der Waals surface area contributed by atoms with Crippen molar-refractivity contribution in [3.8, 4) is 0 Å². The normalized spacial score (nSPS) is 13.9. The fourth-order valence-electron chi connectivity index (χ4n) is 2.58. The molecule has 0 bridgehead atoms. The molecule has 0 radical (unpaired) electrons. The number of aliphatic hydroxyl groups is 1. The summed E-state index contributed by atoms with van der Waals surface area (Å²) in [6.07, 6.45) is -3.10. The number of urea groups is 1. The highest BCUT2D eigenvalue weighted by Gasteiger charge is 2.57. The van der Waals surface area contributed by atoms with Crippen LogP contribution in [0.25, 0.3) is 0 Å². The molecule has 0 spiro atoms. The minimum absolute atomic E-state index is 0.107. The van der Waals surface area contributed by atoms with Gasteiger partial charge in [0.1, 0.15) is 11.6 Å². The summed E-state index contributed by atoms with van der Waals surface area (Å²) >= 11 is 0. The van der Waals surface area contributed by atoms with E-state index < -0.39 is 42.4 Å². The van der Waals surface area contributed by atoms with Crippen LogP contribution >= 0.6 is 0 Å². The molecule has 0 aliphatic rings. The lowest BCUT2D eigenvalue weighted by atomic mass is 9.97. The maximum Gasteiger partial charge on any atom is 0.424 e. The van der Waals surface area contributed by atoms with Gasteiger partial charge in [0.05, 0.1) is 0 Å². The second kappa shape index (κ2) is 8.38. The van der Waals surface area contributed by atoms with Crippen molar-refractivity contribution in [1.29, 1.82) is 0 Å². The van der Waals surface area contributed by atoms with Gasteiger partial charge in [-0.15, -0.1) is 0 Å². The van der Waals surface area contributed by atoms with E-state index in [2.05, 4.69) is 15.6 Å². The van der Waals surface area contributed by atoms with Crippen LogP contribution < -0.4 is 10.6 Å². The third-order valence-electron chi connectivity index (χ3n) is 4.07. The number of aromatic nitrogens is 2. The van der Waals surface area contributed by atoms with Gasteiger partial charge in [0.25, 0.3) is 0 Å². The van der Waals surface area contributed by atoms with Crippen LogP contribution in [0, 0.1) is 5.82 Å². The average molecular weight is 388 g/mol. The van der Waals surface area contributed by atoms with Gasteiger partial charge < -0.3 is 20.3 Å². The minimum atomic E-state index is -4.96. The number of carbonyl (C=O) groups excluding carboxylic acids is 1. The highest BCUT2D eigenvalue weighted by Crippen LogP contribution is 2.40. The van der Waals surface area contributed by atoms with Gasteiger partial charge in [-0.2, -0.15) is 13.2 Å². The van der Waals surface area contributed by atoms with Crippen LogP contribution in [-0.2, 0) is 19.1 Å². The molecule has 27 heavy (non-hydrogen) atoms. The lowest BCUT2D eigenvalue weighted by Gasteiger charge is -2.29. The van der Waals surface area contributed by atoms with E-state index in [1.54, 1.807) is 18.2 Å². The van der Waals surface area contributed by atoms with Crippen molar-refractivity contribution in [3.05, 3.63) is 53.9 Å². The Bertz CT molecular complexity index is 778. The van der Waals surface area contributed by atoms with Crippen LogP contribution in [0.1, 0.15) is 17.8 Å². The Balaban J connectivity index is 1.85. The summed E-state index contributed by atoms with van der Waals surface area (Å²) in [7, 11) is 1.34. The smallest absolute Gasteiger partial charge is 0.374 e. The zero-order chi connectivity index (χ0) is 20.1. The summed E-state index contributed by atoms with van der Waals surface area (Å²) in [6.45, 7) is -0.329. The molecule has 0 fully saturated rings. The van der Waals surface area contributed by atoms with Crippen LogP contribution in [0.4, 0.5) is 22.4 Å². The standard InChI is InChI=1S/C17H20F4N4O2/c1-25-11-10-22-14(25)16(27,17(19,20)21)7-9-24-15(26)23-8-6-12-4-2-3-5-13(12)18/h2-5,10-11,27H,6-9H2,1H3,(H2,23,24,26). The van der Waals surface area contributed by atoms with Crippen molar-refractivity contribution in [3.63, 3.8) is 0 Å². The van der Waals surface area contributed by atoms with Crippen molar-refractivity contribution in [2.24, 2.45) is 7.05 Å². The van der Waals surface area contributed by atoms with Crippen molar-refractivity contribution in [2.75, 3.05) is 13.1 Å². The van der Waals surface area contributed by atoms with E-state index in [1.165, 1.54) is 19.3 Å². The highest BCUT2D eigenvalue weighted by molar-refractivity contribution is 5.73. The number of halogens is 4. The first kappa shape index (κ1) is 20.7. The maximum absolute atomic E-state index is 13.5. The van der Waals surface area contributed by atoms with Gasteiger partial charge in [-0.05, 0) is 18.1 Å². The number of hydrogen-bond donors (Lipinski definition) is 3. The lowest BCUT2D eigenvalue weighted by Crippen LogP contribution is -2.47. The molecule has 0 aliphatic heterocycles. The Morgan fingerprint density at radius 3 is 2.48 bits per heavy atom. The summed E-state index contributed by atoms with van der Waals surface area (Å²) in [5.41, 5.74) is -2.77. The molecule has 1 heterocycles. The molecule has 0 saturated carbocycles. The topological polar surface area (TPSA) is 79.2 Å². The van der Waals surface area contributed by atoms with Crippen molar-refractivity contribution in [2.45, 2.75) is 24.6 Å². The molecule has 2 aromatic rings. The van der Waals surface area contributed by atoms with E-state index in [0.29, 0.717) is 5.56 Å². The van der Waals surface area contributed by atoms with E-state index in [0.717, 1.165) is 10.8 Å². The highest BCUT2D eigenvalue weighted by atomic mass is 19.4. The zero-order valence-corrected chi connectivity index (χ0v) is 14.6. The van der Waals surface area contributed by atoms with E-state index >= 15 is 0 Å². The van der Waals surface area contributed by atoms with Crippen molar-refractivity contribution >= 4 is 6.03 Å². The predicted octanol–water partition coefficient (Wildman–Crippen LogP) is 2.24. The summed E-state index contributed by atoms with van der Waals surface area (Å²) in [5.74, 6) is -0.957. The SMILES string of the molecule is Cn1ccnc1C(O)(CCNC(=O)NCCc1ccccc1F)C(F)(F)F. The number of nitrogens with one attached hydrogen (secondary N) is 2. The van der Waals surface area contributed by atoms with E-state index in [4.69, 9.17) is 0 Å². The van der Waals surface area contributed by atoms with E-state index in [9.17, 15) is 27.5 Å². The van der Waals surface area contributed by atoms with E-state index in [-0.39, 0.29) is 13.0 Å². The lowest BCUT2D eigenvalue weighted by molar-refractivity contribution is -0.272. The Hall–Kier alpha value is -2.62. The minimum Gasteiger partial charge on any atom is -0.374 e. The number of imidazole rings is 1. The van der Waals surface area contributed by atoms with Gasteiger partial charge in [-0.25, -0.2) is 14.2 Å². The van der Waals surface area contributed by atoms with Crippen molar-refractivity contribution < 1.29 is 27.5 Å². The summed E-state index contributed by atoms with van der Waals surface area (Å²) < 4.78 is 54.5. The van der Waals surface area contributed by atoms with Crippen molar-refractivity contribution in [1.82, 2.24) is 20.2 Å². The summed E-state index contributed by atoms with van der Waals surface area (Å²) in [6, 6.07) is 5.36. The molecular weight excluding hydrogens is 368 g/mol. The van der Waals surface area contributed by atoms with Gasteiger partial charge in [-0.3, -0.25) is 0 Å². The molecule has 1 atom stereocenters. The number of benzene rings is 1. The van der Waals surface area contributed by atoms with E-state index in [1.807, 2.05) is 0 Å². The first-order valence-corrected chi connectivity index (χ1v) is 8.17. The van der Waals surface area contributed by atoms with Crippen LogP contribution in [-0.4, -0.2) is 40.0 Å². The number of nitrogens with zero attached hydrogens (tertiary/aromatic N) is 2. The van der Waals surface area contributed by atoms with Gasteiger partial charge in [0.2, 0.25) is 5.60 Å². The molecule has 2 rings (SSSR count). The molecule has 2 amide bonds. The van der Waals surface area contributed by atoms with Crippen LogP contribution in [0.2, 0.25) is 0 Å². The summed E-state index contributed by atoms with van der Waals surface area (Å²) in [5, 5.41) is 14.8. The first-order valence-electron chi connectivity index (χ1n) is 8.17. The van der Waals surface area contributed by atoms with Crippen LogP contribution in [0.3, 0.4) is 0 Å². The molecular formula is C17H20F4N4O2. The quantitative estimate of drug-likeness (QED) is 0.637. The van der Waals surface area contributed by atoms with Gasteiger partial charge in [-0.1, -0.05) is 18.2 Å². The Kier molecular flexibility index (Phi) is 6.42. The molecule has 1 aromatic carbocycles. The first-order chi connectivity index (χ1) is 12.6. The Morgan fingerprint density at radius 2 is 1.89 bits per heavy atom. The fourth-order valence-corrected chi connectivity index (χ4v) is 2.58. The molecule has 1 unspecified atom stereocenters. The van der Waals surface area contributed by atoms with Gasteiger partial charge in [0.15, 0.2) is 0 Å². The number of alkyl halides is 3. The molecule has 148 valence electrons. The number of carbonyl (C=O) groups is 1. The molecule has 1 aromatic heterocycles. The maximum atomic E-state index is 13.5. The number of amides is 2.